The van der Waals surface area contributed by atoms with E-state index >= 15 is 0 Å². The lowest BCUT2D eigenvalue weighted by Gasteiger charge is -2.36. The molecule has 0 aromatic carbocycles. The first-order valence-corrected chi connectivity index (χ1v) is 3.66. The molecule has 0 aromatic heterocycles. The van der Waals surface area contributed by atoms with Gasteiger partial charge in [-0.25, -0.2) is 0 Å². The number of aliphatic hydroxyl groups is 1. The highest BCUT2D eigenvalue weighted by Gasteiger charge is 2.30. The number of aliphatic hydroxyl groups excluding tert-OH is 1. The zero-order valence-corrected chi connectivity index (χ0v) is 6.51. The molecule has 3 nitrogen and oxygen atoms in total. The van der Waals surface area contributed by atoms with Crippen LogP contribution in [0.2, 0.25) is 0 Å². The van der Waals surface area contributed by atoms with E-state index in [0.29, 0.717) is 13.1 Å². The molecule has 10 heavy (non-hydrogen) atoms. The van der Waals surface area contributed by atoms with E-state index in [1.165, 1.54) is 0 Å². The molecule has 0 spiro atoms. The highest BCUT2D eigenvalue weighted by Crippen LogP contribution is 2.11. The Labute approximate surface area is 64.6 Å². The van der Waals surface area contributed by atoms with Crippen molar-refractivity contribution in [1.29, 1.82) is 0 Å². The SMILES string of the molecule is C[C@H](Cl)C(=O)N1CC(O)C1. The van der Waals surface area contributed by atoms with Crippen LogP contribution in [0.4, 0.5) is 0 Å². The predicted octanol–water partition coefficient (Wildman–Crippen LogP) is -0.183. The van der Waals surface area contributed by atoms with Gasteiger partial charge < -0.3 is 10.0 Å². The maximum absolute atomic E-state index is 11.0. The molecule has 0 bridgehead atoms. The normalized spacial score (nSPS) is 22.1. The van der Waals surface area contributed by atoms with Gasteiger partial charge in [0.15, 0.2) is 0 Å². The highest BCUT2D eigenvalue weighted by molar-refractivity contribution is 6.30. The molecule has 58 valence electrons. The van der Waals surface area contributed by atoms with Crippen molar-refractivity contribution >= 4 is 17.5 Å². The maximum Gasteiger partial charge on any atom is 0.240 e. The van der Waals surface area contributed by atoms with E-state index in [-0.39, 0.29) is 12.0 Å². The Bertz CT molecular complexity index is 143. The second kappa shape index (κ2) is 2.76. The molecule has 1 fully saturated rings. The first-order chi connectivity index (χ1) is 4.61. The fraction of sp³-hybridized carbons (Fsp3) is 0.833. The number of nitrogens with zero attached hydrogens (tertiary/aromatic N) is 1. The van der Waals surface area contributed by atoms with Crippen molar-refractivity contribution in [3.8, 4) is 0 Å². The molecule has 0 aliphatic carbocycles. The van der Waals surface area contributed by atoms with E-state index in [4.69, 9.17) is 16.7 Å². The molecule has 1 amide bonds. The van der Waals surface area contributed by atoms with Crippen LogP contribution >= 0.6 is 11.6 Å². The van der Waals surface area contributed by atoms with Gasteiger partial charge in [0.05, 0.1) is 6.10 Å². The van der Waals surface area contributed by atoms with Gasteiger partial charge in [-0.15, -0.1) is 11.6 Å². The Morgan fingerprint density at radius 2 is 2.30 bits per heavy atom. The number of β-amino-alcohol motifs (C(OH)–C–C–N with tert-alkyl or cyclic N) is 1. The minimum Gasteiger partial charge on any atom is -0.389 e. The van der Waals surface area contributed by atoms with E-state index in [2.05, 4.69) is 0 Å². The minimum absolute atomic E-state index is 0.0908. The number of halogens is 1. The molecule has 1 N–H and O–H groups in total. The monoisotopic (exact) mass is 163 g/mol. The molecule has 4 heteroatoms. The summed E-state index contributed by atoms with van der Waals surface area (Å²) < 4.78 is 0. The second-order valence-electron chi connectivity index (χ2n) is 2.51. The van der Waals surface area contributed by atoms with Gasteiger partial charge in [0.25, 0.3) is 0 Å². The summed E-state index contributed by atoms with van der Waals surface area (Å²) in [5.41, 5.74) is 0. The van der Waals surface area contributed by atoms with E-state index in [0.717, 1.165) is 0 Å². The van der Waals surface area contributed by atoms with Gasteiger partial charge in [0.1, 0.15) is 5.38 Å². The average Bonchev–Trinajstić information content (AvgIpc) is 1.79. The predicted molar refractivity (Wildman–Crippen MR) is 37.9 cm³/mol. The second-order valence-corrected chi connectivity index (χ2v) is 3.17. The van der Waals surface area contributed by atoms with Gasteiger partial charge in [-0.1, -0.05) is 0 Å². The number of carbonyl (C=O) groups excluding carboxylic acids is 1. The Morgan fingerprint density at radius 3 is 2.60 bits per heavy atom. The van der Waals surface area contributed by atoms with Crippen LogP contribution in [-0.4, -0.2) is 40.5 Å². The van der Waals surface area contributed by atoms with E-state index in [9.17, 15) is 4.79 Å². The fourth-order valence-corrected chi connectivity index (χ4v) is 1.02. The van der Waals surface area contributed by atoms with Crippen LogP contribution in [0.5, 0.6) is 0 Å². The van der Waals surface area contributed by atoms with Crippen LogP contribution in [-0.2, 0) is 4.79 Å². The summed E-state index contributed by atoms with van der Waals surface area (Å²) in [7, 11) is 0. The van der Waals surface area contributed by atoms with Crippen LogP contribution in [0.25, 0.3) is 0 Å². The lowest BCUT2D eigenvalue weighted by Crippen LogP contribution is -2.55. The van der Waals surface area contributed by atoms with Crippen molar-refractivity contribution in [2.75, 3.05) is 13.1 Å². The molecule has 0 aromatic rings. The molecule has 1 atom stereocenters. The minimum atomic E-state index is -0.465. The fourth-order valence-electron chi connectivity index (χ4n) is 0.887. The quantitative estimate of drug-likeness (QED) is 0.545. The number of likely N-dealkylation sites (tertiary alicyclic amines) is 1. The maximum atomic E-state index is 11.0. The molecular weight excluding hydrogens is 154 g/mol. The van der Waals surface area contributed by atoms with Crippen molar-refractivity contribution in [2.45, 2.75) is 18.4 Å². The Kier molecular flexibility index (Phi) is 2.16. The third-order valence-corrected chi connectivity index (χ3v) is 1.70. The van der Waals surface area contributed by atoms with Crippen LogP contribution in [0, 0.1) is 0 Å². The van der Waals surface area contributed by atoms with Crippen molar-refractivity contribution in [3.05, 3.63) is 0 Å². The zero-order valence-electron chi connectivity index (χ0n) is 5.75. The average molecular weight is 164 g/mol. The molecular formula is C6H10ClNO2. The van der Waals surface area contributed by atoms with Gasteiger partial charge in [0.2, 0.25) is 5.91 Å². The molecule has 1 aliphatic rings. The van der Waals surface area contributed by atoms with Gasteiger partial charge in [-0.3, -0.25) is 4.79 Å². The number of alkyl halides is 1. The lowest BCUT2D eigenvalue weighted by atomic mass is 10.1. The van der Waals surface area contributed by atoms with Crippen LogP contribution in [0.15, 0.2) is 0 Å². The van der Waals surface area contributed by atoms with Gasteiger partial charge in [-0.2, -0.15) is 0 Å². The van der Waals surface area contributed by atoms with Crippen LogP contribution < -0.4 is 0 Å². The summed E-state index contributed by atoms with van der Waals surface area (Å²) in [6.45, 7) is 2.51. The summed E-state index contributed by atoms with van der Waals surface area (Å²) in [4.78, 5) is 12.5. The summed E-state index contributed by atoms with van der Waals surface area (Å²) in [6.07, 6.45) is -0.334. The van der Waals surface area contributed by atoms with E-state index in [1.54, 1.807) is 11.8 Å². The topological polar surface area (TPSA) is 40.5 Å². The summed E-state index contributed by atoms with van der Waals surface area (Å²) >= 11 is 5.51. The number of rotatable bonds is 1. The largest absolute Gasteiger partial charge is 0.389 e. The number of amides is 1. The standard InChI is InChI=1S/C6H10ClNO2/c1-4(7)6(10)8-2-5(9)3-8/h4-5,9H,2-3H2,1H3/t4-/m0/s1. The molecule has 1 aliphatic heterocycles. The van der Waals surface area contributed by atoms with Crippen molar-refractivity contribution in [2.24, 2.45) is 0 Å². The summed E-state index contributed by atoms with van der Waals surface area (Å²) in [5, 5.41) is 8.35. The molecule has 0 radical (unpaired) electrons. The molecule has 1 rings (SSSR count). The summed E-state index contributed by atoms with van der Waals surface area (Å²) in [6, 6.07) is 0. The van der Waals surface area contributed by atoms with Gasteiger partial charge in [-0.05, 0) is 6.92 Å². The summed E-state index contributed by atoms with van der Waals surface area (Å²) in [5.74, 6) is -0.0908. The zero-order chi connectivity index (χ0) is 7.72. The lowest BCUT2D eigenvalue weighted by molar-refractivity contribution is -0.140. The van der Waals surface area contributed by atoms with Gasteiger partial charge >= 0.3 is 0 Å². The first kappa shape index (κ1) is 7.82. The third kappa shape index (κ3) is 1.41. The van der Waals surface area contributed by atoms with Crippen LogP contribution in [0.3, 0.4) is 0 Å². The Balaban J connectivity index is 2.31. The number of hydrogen-bond acceptors (Lipinski definition) is 2. The third-order valence-electron chi connectivity index (χ3n) is 1.51. The molecule has 0 saturated carbocycles. The smallest absolute Gasteiger partial charge is 0.240 e. The molecule has 0 unspecified atom stereocenters. The van der Waals surface area contributed by atoms with E-state index < -0.39 is 5.38 Å². The van der Waals surface area contributed by atoms with Crippen molar-refractivity contribution in [1.82, 2.24) is 4.90 Å². The Morgan fingerprint density at radius 1 is 1.80 bits per heavy atom. The first-order valence-electron chi connectivity index (χ1n) is 3.22. The Hall–Kier alpha value is -0.280. The molecule has 1 heterocycles. The number of carbonyl (C=O) groups is 1. The highest BCUT2D eigenvalue weighted by atomic mass is 35.5. The van der Waals surface area contributed by atoms with E-state index in [1.807, 2.05) is 0 Å². The van der Waals surface area contributed by atoms with Crippen molar-refractivity contribution in [3.63, 3.8) is 0 Å². The van der Waals surface area contributed by atoms with Gasteiger partial charge in [0, 0.05) is 13.1 Å². The molecule has 1 saturated heterocycles. The number of hydrogen-bond donors (Lipinski definition) is 1. The van der Waals surface area contributed by atoms with Crippen LogP contribution in [0.1, 0.15) is 6.92 Å². The van der Waals surface area contributed by atoms with Crippen molar-refractivity contribution < 1.29 is 9.90 Å².